The SMILES string of the molecule is CC(C)(C)c1nccn1Cc1ccc(Br)cc1C#N. The van der Waals surface area contributed by atoms with Crippen molar-refractivity contribution in [2.75, 3.05) is 0 Å². The highest BCUT2D eigenvalue weighted by atomic mass is 79.9. The van der Waals surface area contributed by atoms with Gasteiger partial charge in [-0.15, -0.1) is 0 Å². The van der Waals surface area contributed by atoms with Gasteiger partial charge in [-0.25, -0.2) is 4.98 Å². The highest BCUT2D eigenvalue weighted by Crippen LogP contribution is 2.23. The minimum absolute atomic E-state index is 0.00826. The van der Waals surface area contributed by atoms with E-state index in [2.05, 4.69) is 52.3 Å². The molecule has 3 nitrogen and oxygen atoms in total. The zero-order valence-corrected chi connectivity index (χ0v) is 12.9. The van der Waals surface area contributed by atoms with Crippen molar-refractivity contribution in [2.45, 2.75) is 32.7 Å². The Kier molecular flexibility index (Phi) is 3.77. The van der Waals surface area contributed by atoms with Crippen LogP contribution in [0.4, 0.5) is 0 Å². The van der Waals surface area contributed by atoms with E-state index in [1.54, 1.807) is 0 Å². The number of hydrogen-bond donors (Lipinski definition) is 0. The maximum atomic E-state index is 9.20. The van der Waals surface area contributed by atoms with Crippen molar-refractivity contribution in [3.63, 3.8) is 0 Å². The van der Waals surface area contributed by atoms with Crippen LogP contribution in [0.25, 0.3) is 0 Å². The van der Waals surface area contributed by atoms with Gasteiger partial charge in [0, 0.05) is 22.3 Å². The lowest BCUT2D eigenvalue weighted by Gasteiger charge is -2.20. The summed E-state index contributed by atoms with van der Waals surface area (Å²) < 4.78 is 3.03. The first-order chi connectivity index (χ1) is 8.91. The van der Waals surface area contributed by atoms with E-state index in [0.717, 1.165) is 15.9 Å². The Morgan fingerprint density at radius 3 is 2.74 bits per heavy atom. The van der Waals surface area contributed by atoms with E-state index >= 15 is 0 Å². The fourth-order valence-corrected chi connectivity index (χ4v) is 2.42. The van der Waals surface area contributed by atoms with Gasteiger partial charge in [0.25, 0.3) is 0 Å². The van der Waals surface area contributed by atoms with Gasteiger partial charge in [0.05, 0.1) is 18.2 Å². The van der Waals surface area contributed by atoms with Gasteiger partial charge in [-0.2, -0.15) is 5.26 Å². The first kappa shape index (κ1) is 13.8. The molecule has 0 aliphatic rings. The van der Waals surface area contributed by atoms with Gasteiger partial charge in [0.1, 0.15) is 5.82 Å². The van der Waals surface area contributed by atoms with Crippen LogP contribution in [0.2, 0.25) is 0 Å². The fourth-order valence-electron chi connectivity index (χ4n) is 2.06. The quantitative estimate of drug-likeness (QED) is 0.843. The molecular weight excluding hydrogens is 302 g/mol. The molecule has 0 bridgehead atoms. The van der Waals surface area contributed by atoms with E-state index in [9.17, 15) is 5.26 Å². The first-order valence-corrected chi connectivity index (χ1v) is 6.91. The highest BCUT2D eigenvalue weighted by molar-refractivity contribution is 9.10. The second-order valence-corrected chi connectivity index (χ2v) is 6.46. The van der Waals surface area contributed by atoms with Crippen LogP contribution < -0.4 is 0 Å². The van der Waals surface area contributed by atoms with Crippen LogP contribution in [-0.4, -0.2) is 9.55 Å². The number of hydrogen-bond acceptors (Lipinski definition) is 2. The van der Waals surface area contributed by atoms with Crippen molar-refractivity contribution in [3.8, 4) is 6.07 Å². The predicted molar refractivity (Wildman–Crippen MR) is 78.9 cm³/mol. The van der Waals surface area contributed by atoms with E-state index in [-0.39, 0.29) is 5.41 Å². The Morgan fingerprint density at radius 1 is 1.37 bits per heavy atom. The molecule has 98 valence electrons. The zero-order chi connectivity index (χ0) is 14.0. The molecule has 4 heteroatoms. The van der Waals surface area contributed by atoms with Gasteiger partial charge in [-0.05, 0) is 17.7 Å². The summed E-state index contributed by atoms with van der Waals surface area (Å²) in [6.45, 7) is 7.08. The van der Waals surface area contributed by atoms with Crippen molar-refractivity contribution >= 4 is 15.9 Å². The smallest absolute Gasteiger partial charge is 0.114 e. The molecule has 0 unspecified atom stereocenters. The molecule has 0 saturated carbocycles. The van der Waals surface area contributed by atoms with E-state index in [1.165, 1.54) is 0 Å². The van der Waals surface area contributed by atoms with Crippen molar-refractivity contribution in [2.24, 2.45) is 0 Å². The number of rotatable bonds is 2. The number of imidazole rings is 1. The lowest BCUT2D eigenvalue weighted by atomic mass is 9.95. The summed E-state index contributed by atoms with van der Waals surface area (Å²) in [6, 6.07) is 8.04. The van der Waals surface area contributed by atoms with Crippen molar-refractivity contribution in [1.82, 2.24) is 9.55 Å². The molecule has 2 aromatic rings. The van der Waals surface area contributed by atoms with E-state index in [1.807, 2.05) is 30.6 Å². The summed E-state index contributed by atoms with van der Waals surface area (Å²) in [5.74, 6) is 1.03. The third kappa shape index (κ3) is 3.05. The van der Waals surface area contributed by atoms with Crippen LogP contribution in [0.3, 0.4) is 0 Å². The maximum Gasteiger partial charge on any atom is 0.114 e. The minimum Gasteiger partial charge on any atom is -0.330 e. The minimum atomic E-state index is -0.00826. The average molecular weight is 318 g/mol. The summed E-state index contributed by atoms with van der Waals surface area (Å²) in [4.78, 5) is 4.43. The third-order valence-electron chi connectivity index (χ3n) is 2.92. The molecule has 1 heterocycles. The Labute approximate surface area is 122 Å². The van der Waals surface area contributed by atoms with Crippen LogP contribution in [0.1, 0.15) is 37.7 Å². The number of aromatic nitrogens is 2. The molecule has 0 spiro atoms. The molecule has 0 aliphatic heterocycles. The number of benzene rings is 1. The molecule has 0 fully saturated rings. The summed E-state index contributed by atoms with van der Waals surface area (Å²) in [5, 5.41) is 9.20. The summed E-state index contributed by atoms with van der Waals surface area (Å²) in [6.07, 6.45) is 3.77. The number of nitriles is 1. The second-order valence-electron chi connectivity index (χ2n) is 5.54. The Bertz CT molecular complexity index is 630. The second kappa shape index (κ2) is 5.18. The van der Waals surface area contributed by atoms with Gasteiger partial charge in [-0.3, -0.25) is 0 Å². The number of nitrogens with zero attached hydrogens (tertiary/aromatic N) is 3. The van der Waals surface area contributed by atoms with Crippen molar-refractivity contribution < 1.29 is 0 Å². The third-order valence-corrected chi connectivity index (χ3v) is 3.41. The zero-order valence-electron chi connectivity index (χ0n) is 11.3. The van der Waals surface area contributed by atoms with Crippen molar-refractivity contribution in [1.29, 1.82) is 5.26 Å². The molecule has 0 radical (unpaired) electrons. The van der Waals surface area contributed by atoms with Crippen LogP contribution >= 0.6 is 15.9 Å². The highest BCUT2D eigenvalue weighted by Gasteiger charge is 2.20. The predicted octanol–water partition coefficient (Wildman–Crippen LogP) is 3.86. The molecule has 0 aliphatic carbocycles. The molecule has 2 rings (SSSR count). The Hall–Kier alpha value is -1.60. The van der Waals surface area contributed by atoms with Crippen LogP contribution in [0.15, 0.2) is 35.1 Å². The van der Waals surface area contributed by atoms with Crippen LogP contribution in [-0.2, 0) is 12.0 Å². The molecule has 0 saturated heterocycles. The molecule has 0 N–H and O–H groups in total. The topological polar surface area (TPSA) is 41.6 Å². The van der Waals surface area contributed by atoms with Gasteiger partial charge >= 0.3 is 0 Å². The number of halogens is 1. The van der Waals surface area contributed by atoms with Gasteiger partial charge in [0.2, 0.25) is 0 Å². The van der Waals surface area contributed by atoms with Gasteiger partial charge in [0.15, 0.2) is 0 Å². The summed E-state index contributed by atoms with van der Waals surface area (Å²) in [7, 11) is 0. The van der Waals surface area contributed by atoms with E-state index in [0.29, 0.717) is 12.1 Å². The monoisotopic (exact) mass is 317 g/mol. The molecule has 19 heavy (non-hydrogen) atoms. The van der Waals surface area contributed by atoms with Crippen LogP contribution in [0.5, 0.6) is 0 Å². The first-order valence-electron chi connectivity index (χ1n) is 6.12. The molecule has 0 amide bonds. The normalized spacial score (nSPS) is 11.3. The van der Waals surface area contributed by atoms with E-state index in [4.69, 9.17) is 0 Å². The standard InChI is InChI=1S/C15H16BrN3/c1-15(2,3)14-18-6-7-19(14)10-11-4-5-13(16)8-12(11)9-17/h4-8H,10H2,1-3H3. The molecule has 0 atom stereocenters. The fraction of sp³-hybridized carbons (Fsp3) is 0.333. The van der Waals surface area contributed by atoms with Crippen molar-refractivity contribution in [3.05, 3.63) is 52.0 Å². The molecule has 1 aromatic heterocycles. The molecular formula is C15H16BrN3. The van der Waals surface area contributed by atoms with Crippen LogP contribution in [0, 0.1) is 11.3 Å². The van der Waals surface area contributed by atoms with Gasteiger partial charge in [-0.1, -0.05) is 42.8 Å². The van der Waals surface area contributed by atoms with E-state index < -0.39 is 0 Å². The lowest BCUT2D eigenvalue weighted by Crippen LogP contribution is -2.19. The Balaban J connectivity index is 2.38. The lowest BCUT2D eigenvalue weighted by molar-refractivity contribution is 0.511. The maximum absolute atomic E-state index is 9.20. The van der Waals surface area contributed by atoms with Gasteiger partial charge < -0.3 is 4.57 Å². The molecule has 1 aromatic carbocycles. The Morgan fingerprint density at radius 2 is 2.11 bits per heavy atom. The summed E-state index contributed by atoms with van der Waals surface area (Å²) >= 11 is 3.39. The average Bonchev–Trinajstić information content (AvgIpc) is 2.79. The largest absolute Gasteiger partial charge is 0.330 e. The summed E-state index contributed by atoms with van der Waals surface area (Å²) in [5.41, 5.74) is 1.70.